The van der Waals surface area contributed by atoms with Crippen molar-refractivity contribution in [3.63, 3.8) is 0 Å². The van der Waals surface area contributed by atoms with Crippen LogP contribution in [0.1, 0.15) is 12.0 Å². The van der Waals surface area contributed by atoms with E-state index in [2.05, 4.69) is 5.92 Å². The molecule has 0 aliphatic heterocycles. The van der Waals surface area contributed by atoms with Gasteiger partial charge < -0.3 is 5.11 Å². The summed E-state index contributed by atoms with van der Waals surface area (Å²) in [7, 11) is -3.82. The summed E-state index contributed by atoms with van der Waals surface area (Å²) < 4.78 is 28.0. The van der Waals surface area contributed by atoms with Crippen LogP contribution in [0.4, 0.5) is 0 Å². The van der Waals surface area contributed by atoms with Gasteiger partial charge in [0.2, 0.25) is 0 Å². The molecule has 0 aliphatic carbocycles. The number of aryl methyl sites for hydroxylation is 1. The average molecular weight is 254 g/mol. The molecule has 1 aromatic carbocycles. The van der Waals surface area contributed by atoms with E-state index in [1.165, 1.54) is 12.1 Å². The van der Waals surface area contributed by atoms with Crippen molar-refractivity contribution in [2.45, 2.75) is 24.3 Å². The maximum atomic E-state index is 11.7. The highest BCUT2D eigenvalue weighted by atomic mass is 32.2. The van der Waals surface area contributed by atoms with E-state index in [-0.39, 0.29) is 17.9 Å². The molecule has 1 atom stereocenters. The minimum absolute atomic E-state index is 0.0589. The zero-order valence-corrected chi connectivity index (χ0v) is 10.3. The first-order valence-corrected chi connectivity index (χ1v) is 6.44. The third-order valence-electron chi connectivity index (χ3n) is 2.08. The summed E-state index contributed by atoms with van der Waals surface area (Å²) in [4.78, 5) is 0.0657. The summed E-state index contributed by atoms with van der Waals surface area (Å²) in [6.45, 7) is 1.52. The van der Waals surface area contributed by atoms with Crippen molar-refractivity contribution in [3.05, 3.63) is 29.8 Å². The molecule has 1 N–H and O–H groups in total. The zero-order valence-electron chi connectivity index (χ0n) is 9.46. The maximum Gasteiger partial charge on any atom is 0.297 e. The maximum absolute atomic E-state index is 11.7. The fourth-order valence-corrected chi connectivity index (χ4v) is 2.08. The first kappa shape index (κ1) is 13.7. The Bertz CT molecular complexity index is 496. The Morgan fingerprint density at radius 3 is 2.53 bits per heavy atom. The molecule has 0 aromatic heterocycles. The smallest absolute Gasteiger partial charge is 0.297 e. The molecule has 0 heterocycles. The Morgan fingerprint density at radius 1 is 1.41 bits per heavy atom. The Morgan fingerprint density at radius 2 is 2.00 bits per heavy atom. The van der Waals surface area contributed by atoms with Crippen LogP contribution in [0.5, 0.6) is 0 Å². The van der Waals surface area contributed by atoms with Crippen molar-refractivity contribution >= 4 is 10.1 Å². The molecule has 0 amide bonds. The van der Waals surface area contributed by atoms with Crippen LogP contribution in [0.2, 0.25) is 0 Å². The van der Waals surface area contributed by atoms with Crippen LogP contribution in [0, 0.1) is 19.3 Å². The predicted octanol–water partition coefficient (Wildman–Crippen LogP) is 1.08. The van der Waals surface area contributed by atoms with Crippen molar-refractivity contribution in [1.82, 2.24) is 0 Å². The van der Waals surface area contributed by atoms with Crippen LogP contribution in [0.15, 0.2) is 29.2 Å². The lowest BCUT2D eigenvalue weighted by molar-refractivity contribution is 0.115. The van der Waals surface area contributed by atoms with Crippen molar-refractivity contribution in [2.75, 3.05) is 6.61 Å². The van der Waals surface area contributed by atoms with E-state index in [1.807, 2.05) is 6.92 Å². The van der Waals surface area contributed by atoms with E-state index in [0.717, 1.165) is 5.56 Å². The highest BCUT2D eigenvalue weighted by molar-refractivity contribution is 7.86. The van der Waals surface area contributed by atoms with Crippen LogP contribution in [0.3, 0.4) is 0 Å². The molecule has 92 valence electrons. The molecule has 0 spiro atoms. The fraction of sp³-hybridized carbons (Fsp3) is 0.333. The largest absolute Gasteiger partial charge is 0.390 e. The molecule has 0 saturated heterocycles. The van der Waals surface area contributed by atoms with Gasteiger partial charge in [-0.05, 0) is 19.1 Å². The lowest BCUT2D eigenvalue weighted by Crippen LogP contribution is -2.18. The summed E-state index contributed by atoms with van der Waals surface area (Å²) in [6.07, 6.45) is 4.07. The van der Waals surface area contributed by atoms with Gasteiger partial charge in [0.25, 0.3) is 10.1 Å². The van der Waals surface area contributed by atoms with Gasteiger partial charge in [-0.15, -0.1) is 12.3 Å². The topological polar surface area (TPSA) is 63.6 Å². The second-order valence-corrected chi connectivity index (χ2v) is 5.23. The van der Waals surface area contributed by atoms with E-state index in [4.69, 9.17) is 10.6 Å². The van der Waals surface area contributed by atoms with Crippen molar-refractivity contribution in [3.8, 4) is 12.3 Å². The standard InChI is InChI=1S/C12H14O4S/c1-3-4-11(13)9-16-17(14,15)12-7-5-10(2)6-8-12/h1,5-8,11,13H,4,9H2,2H3. The number of aliphatic hydroxyl groups excluding tert-OH is 1. The third-order valence-corrected chi connectivity index (χ3v) is 3.37. The predicted molar refractivity (Wildman–Crippen MR) is 63.8 cm³/mol. The van der Waals surface area contributed by atoms with Gasteiger partial charge in [-0.2, -0.15) is 8.42 Å². The minimum atomic E-state index is -3.82. The lowest BCUT2D eigenvalue weighted by Gasteiger charge is -2.08. The Labute approximate surface area is 101 Å². The number of aliphatic hydroxyl groups is 1. The molecule has 0 fully saturated rings. The normalized spacial score (nSPS) is 13.0. The summed E-state index contributed by atoms with van der Waals surface area (Å²) in [6, 6.07) is 6.26. The summed E-state index contributed by atoms with van der Waals surface area (Å²) in [5.74, 6) is 2.23. The third kappa shape index (κ3) is 4.19. The number of benzene rings is 1. The molecular weight excluding hydrogens is 240 g/mol. The summed E-state index contributed by atoms with van der Waals surface area (Å²) in [5.41, 5.74) is 0.955. The van der Waals surface area contributed by atoms with Crippen molar-refractivity contribution < 1.29 is 17.7 Å². The average Bonchev–Trinajstić information content (AvgIpc) is 2.28. The van der Waals surface area contributed by atoms with Crippen molar-refractivity contribution in [1.29, 1.82) is 0 Å². The number of terminal acetylenes is 1. The molecule has 0 radical (unpaired) electrons. The van der Waals surface area contributed by atoms with Crippen molar-refractivity contribution in [2.24, 2.45) is 0 Å². The molecule has 5 heteroatoms. The number of hydrogen-bond acceptors (Lipinski definition) is 4. The van der Waals surface area contributed by atoms with Gasteiger partial charge in [-0.1, -0.05) is 17.7 Å². The highest BCUT2D eigenvalue weighted by Gasteiger charge is 2.16. The monoisotopic (exact) mass is 254 g/mol. The van der Waals surface area contributed by atoms with Crippen LogP contribution < -0.4 is 0 Å². The number of rotatable bonds is 5. The van der Waals surface area contributed by atoms with Gasteiger partial charge in [0.15, 0.2) is 0 Å². The molecule has 0 aliphatic rings. The second-order valence-electron chi connectivity index (χ2n) is 3.61. The van der Waals surface area contributed by atoms with E-state index in [9.17, 15) is 13.5 Å². The first-order valence-electron chi connectivity index (χ1n) is 5.03. The fourth-order valence-electron chi connectivity index (χ4n) is 1.14. The second kappa shape index (κ2) is 5.82. The quantitative estimate of drug-likeness (QED) is 0.631. The van der Waals surface area contributed by atoms with Crippen LogP contribution >= 0.6 is 0 Å². The SMILES string of the molecule is C#CCC(O)COS(=O)(=O)c1ccc(C)cc1. The Balaban J connectivity index is 2.70. The molecule has 1 rings (SSSR count). The zero-order chi connectivity index (χ0) is 12.9. The molecule has 0 bridgehead atoms. The van der Waals surface area contributed by atoms with Gasteiger partial charge in [-0.25, -0.2) is 0 Å². The molecule has 0 saturated carbocycles. The van der Waals surface area contributed by atoms with Crippen LogP contribution in [-0.2, 0) is 14.3 Å². The summed E-state index contributed by atoms with van der Waals surface area (Å²) >= 11 is 0. The minimum Gasteiger partial charge on any atom is -0.390 e. The van der Waals surface area contributed by atoms with Gasteiger partial charge in [0.05, 0.1) is 17.6 Å². The van der Waals surface area contributed by atoms with E-state index in [1.54, 1.807) is 12.1 Å². The van der Waals surface area contributed by atoms with Gasteiger partial charge in [0, 0.05) is 6.42 Å². The Hall–Kier alpha value is -1.35. The van der Waals surface area contributed by atoms with E-state index < -0.39 is 16.2 Å². The van der Waals surface area contributed by atoms with Gasteiger partial charge in [0.1, 0.15) is 0 Å². The van der Waals surface area contributed by atoms with Gasteiger partial charge in [-0.3, -0.25) is 4.18 Å². The summed E-state index contributed by atoms with van der Waals surface area (Å²) in [5, 5.41) is 9.27. The molecule has 4 nitrogen and oxygen atoms in total. The van der Waals surface area contributed by atoms with E-state index in [0.29, 0.717) is 0 Å². The first-order chi connectivity index (χ1) is 7.95. The Kier molecular flexibility index (Phi) is 4.70. The highest BCUT2D eigenvalue weighted by Crippen LogP contribution is 2.13. The molecule has 1 unspecified atom stereocenters. The van der Waals surface area contributed by atoms with Gasteiger partial charge >= 0.3 is 0 Å². The molecular formula is C12H14O4S. The van der Waals surface area contributed by atoms with Crippen LogP contribution in [0.25, 0.3) is 0 Å². The van der Waals surface area contributed by atoms with Crippen LogP contribution in [-0.4, -0.2) is 26.2 Å². The lowest BCUT2D eigenvalue weighted by atomic mass is 10.2. The number of hydrogen-bond donors (Lipinski definition) is 1. The molecule has 17 heavy (non-hydrogen) atoms. The molecule has 1 aromatic rings. The van der Waals surface area contributed by atoms with E-state index >= 15 is 0 Å².